The number of hydrogen-bond donors (Lipinski definition) is 0. The van der Waals surface area contributed by atoms with E-state index in [1.807, 2.05) is 31.2 Å². The summed E-state index contributed by atoms with van der Waals surface area (Å²) in [6.45, 7) is 3.23. The Labute approximate surface area is 139 Å². The van der Waals surface area contributed by atoms with Crippen LogP contribution in [0.2, 0.25) is 5.02 Å². The number of aryl methyl sites for hydroxylation is 1. The van der Waals surface area contributed by atoms with Crippen molar-refractivity contribution >= 4 is 17.5 Å². The fraction of sp³-hybridized carbons (Fsp3) is 0.278. The lowest BCUT2D eigenvalue weighted by Gasteiger charge is -2.34. The van der Waals surface area contributed by atoms with Crippen LogP contribution in [0.4, 0.5) is 4.39 Å². The number of morpholine rings is 1. The molecule has 1 fully saturated rings. The molecular weight excluding hydrogens is 317 g/mol. The second-order valence-corrected chi connectivity index (χ2v) is 5.97. The molecule has 1 unspecified atom stereocenters. The molecule has 0 N–H and O–H groups in total. The number of carbonyl (C=O) groups excluding carboxylic acids is 1. The summed E-state index contributed by atoms with van der Waals surface area (Å²) in [5, 5.41) is 0.133. The van der Waals surface area contributed by atoms with Crippen molar-refractivity contribution in [3.8, 4) is 0 Å². The predicted octanol–water partition coefficient (Wildman–Crippen LogP) is 4.00. The number of amides is 1. The molecule has 2 aromatic carbocycles. The molecule has 2 aromatic rings. The predicted molar refractivity (Wildman–Crippen MR) is 87.2 cm³/mol. The molecule has 1 aliphatic heterocycles. The van der Waals surface area contributed by atoms with Crippen LogP contribution in [0.25, 0.3) is 0 Å². The quantitative estimate of drug-likeness (QED) is 0.831. The van der Waals surface area contributed by atoms with Crippen LogP contribution in [0, 0.1) is 12.7 Å². The van der Waals surface area contributed by atoms with E-state index >= 15 is 0 Å². The first kappa shape index (κ1) is 16.0. The van der Waals surface area contributed by atoms with Crippen molar-refractivity contribution in [3.05, 3.63) is 70.0 Å². The first-order chi connectivity index (χ1) is 11.1. The molecule has 5 heteroatoms. The van der Waals surface area contributed by atoms with Gasteiger partial charge in [-0.15, -0.1) is 0 Å². The van der Waals surface area contributed by atoms with E-state index in [0.717, 1.165) is 11.1 Å². The van der Waals surface area contributed by atoms with Crippen LogP contribution in [0.5, 0.6) is 0 Å². The molecule has 0 saturated carbocycles. The Morgan fingerprint density at radius 3 is 2.78 bits per heavy atom. The highest BCUT2D eigenvalue weighted by Gasteiger charge is 2.29. The second-order valence-electron chi connectivity index (χ2n) is 5.56. The van der Waals surface area contributed by atoms with Crippen molar-refractivity contribution in [2.24, 2.45) is 0 Å². The minimum Gasteiger partial charge on any atom is -0.370 e. The maximum Gasteiger partial charge on any atom is 0.258 e. The SMILES string of the molecule is Cc1ccccc1C1CN(C(=O)c2c(F)cccc2Cl)CCO1. The summed E-state index contributed by atoms with van der Waals surface area (Å²) in [7, 11) is 0. The van der Waals surface area contributed by atoms with Crippen molar-refractivity contribution in [2.75, 3.05) is 19.7 Å². The monoisotopic (exact) mass is 333 g/mol. The van der Waals surface area contributed by atoms with Gasteiger partial charge in [-0.25, -0.2) is 4.39 Å². The summed E-state index contributed by atoms with van der Waals surface area (Å²) in [6.07, 6.45) is -0.209. The van der Waals surface area contributed by atoms with Gasteiger partial charge in [0.2, 0.25) is 0 Å². The van der Waals surface area contributed by atoms with Crippen LogP contribution in [-0.2, 0) is 4.74 Å². The van der Waals surface area contributed by atoms with E-state index in [1.54, 1.807) is 4.90 Å². The maximum atomic E-state index is 14.0. The lowest BCUT2D eigenvalue weighted by molar-refractivity contribution is -0.0232. The molecule has 0 bridgehead atoms. The molecule has 23 heavy (non-hydrogen) atoms. The first-order valence-corrected chi connectivity index (χ1v) is 7.86. The van der Waals surface area contributed by atoms with Gasteiger partial charge < -0.3 is 9.64 Å². The number of carbonyl (C=O) groups is 1. The van der Waals surface area contributed by atoms with Gasteiger partial charge >= 0.3 is 0 Å². The van der Waals surface area contributed by atoms with Crippen molar-refractivity contribution in [3.63, 3.8) is 0 Å². The zero-order valence-corrected chi connectivity index (χ0v) is 13.5. The Bertz CT molecular complexity index is 714. The molecule has 3 nitrogen and oxygen atoms in total. The highest BCUT2D eigenvalue weighted by atomic mass is 35.5. The zero-order valence-electron chi connectivity index (χ0n) is 12.8. The topological polar surface area (TPSA) is 29.5 Å². The van der Waals surface area contributed by atoms with Gasteiger partial charge in [0.1, 0.15) is 11.9 Å². The average Bonchev–Trinajstić information content (AvgIpc) is 2.55. The molecule has 0 radical (unpaired) electrons. The van der Waals surface area contributed by atoms with Crippen molar-refractivity contribution in [1.82, 2.24) is 4.90 Å². The lowest BCUT2D eigenvalue weighted by Crippen LogP contribution is -2.42. The number of hydrogen-bond acceptors (Lipinski definition) is 2. The van der Waals surface area contributed by atoms with Gasteiger partial charge in [0, 0.05) is 6.54 Å². The number of nitrogens with zero attached hydrogens (tertiary/aromatic N) is 1. The van der Waals surface area contributed by atoms with Crippen LogP contribution in [0.1, 0.15) is 27.6 Å². The van der Waals surface area contributed by atoms with Crippen molar-refractivity contribution < 1.29 is 13.9 Å². The van der Waals surface area contributed by atoms with Gasteiger partial charge in [-0.1, -0.05) is 41.9 Å². The average molecular weight is 334 g/mol. The van der Waals surface area contributed by atoms with E-state index in [2.05, 4.69) is 0 Å². The third-order valence-electron chi connectivity index (χ3n) is 4.07. The first-order valence-electron chi connectivity index (χ1n) is 7.48. The maximum absolute atomic E-state index is 14.0. The minimum atomic E-state index is -0.596. The third kappa shape index (κ3) is 3.23. The molecule has 0 aromatic heterocycles. The largest absolute Gasteiger partial charge is 0.370 e. The Balaban J connectivity index is 1.84. The molecule has 1 aliphatic rings. The van der Waals surface area contributed by atoms with E-state index in [9.17, 15) is 9.18 Å². The minimum absolute atomic E-state index is 0.0698. The van der Waals surface area contributed by atoms with E-state index in [1.165, 1.54) is 18.2 Å². The van der Waals surface area contributed by atoms with E-state index < -0.39 is 11.7 Å². The molecule has 3 rings (SSSR count). The highest BCUT2D eigenvalue weighted by Crippen LogP contribution is 2.27. The number of rotatable bonds is 2. The molecule has 1 amide bonds. The summed E-state index contributed by atoms with van der Waals surface area (Å²) in [5.41, 5.74) is 2.08. The highest BCUT2D eigenvalue weighted by molar-refractivity contribution is 6.33. The van der Waals surface area contributed by atoms with Gasteiger partial charge in [-0.3, -0.25) is 4.79 Å². The fourth-order valence-electron chi connectivity index (χ4n) is 2.83. The van der Waals surface area contributed by atoms with Crippen LogP contribution < -0.4 is 0 Å². The smallest absolute Gasteiger partial charge is 0.258 e. The van der Waals surface area contributed by atoms with Crippen LogP contribution in [0.3, 0.4) is 0 Å². The normalized spacial score (nSPS) is 18.0. The summed E-state index contributed by atoms with van der Waals surface area (Å²) in [6, 6.07) is 12.2. The van der Waals surface area contributed by atoms with Gasteiger partial charge in [0.15, 0.2) is 0 Å². The molecule has 0 spiro atoms. The second kappa shape index (κ2) is 6.69. The van der Waals surface area contributed by atoms with Crippen molar-refractivity contribution in [2.45, 2.75) is 13.0 Å². The number of ether oxygens (including phenoxy) is 1. The molecule has 1 saturated heterocycles. The van der Waals surface area contributed by atoms with Crippen LogP contribution in [0.15, 0.2) is 42.5 Å². The van der Waals surface area contributed by atoms with E-state index in [0.29, 0.717) is 19.7 Å². The molecule has 120 valence electrons. The Kier molecular flexibility index (Phi) is 4.64. The summed E-state index contributed by atoms with van der Waals surface area (Å²) < 4.78 is 19.8. The Morgan fingerprint density at radius 1 is 1.26 bits per heavy atom. The fourth-order valence-corrected chi connectivity index (χ4v) is 3.07. The van der Waals surface area contributed by atoms with E-state index in [-0.39, 0.29) is 16.7 Å². The molecule has 1 atom stereocenters. The van der Waals surface area contributed by atoms with E-state index in [4.69, 9.17) is 16.3 Å². The van der Waals surface area contributed by atoms with Gasteiger partial charge in [0.25, 0.3) is 5.91 Å². The van der Waals surface area contributed by atoms with Crippen molar-refractivity contribution in [1.29, 1.82) is 0 Å². The van der Waals surface area contributed by atoms with Gasteiger partial charge in [0.05, 0.1) is 23.7 Å². The Morgan fingerprint density at radius 2 is 2.04 bits per heavy atom. The lowest BCUT2D eigenvalue weighted by atomic mass is 10.0. The standard InChI is InChI=1S/C18H17ClFNO2/c1-12-5-2-3-6-13(12)16-11-21(9-10-23-16)18(22)17-14(19)7-4-8-15(17)20/h2-8,16H,9-11H2,1H3. The molecular formula is C18H17ClFNO2. The van der Waals surface area contributed by atoms with Crippen LogP contribution in [-0.4, -0.2) is 30.5 Å². The Hall–Kier alpha value is -1.91. The molecule has 0 aliphatic carbocycles. The third-order valence-corrected chi connectivity index (χ3v) is 4.38. The number of benzene rings is 2. The number of halogens is 2. The van der Waals surface area contributed by atoms with Gasteiger partial charge in [-0.2, -0.15) is 0 Å². The summed E-state index contributed by atoms with van der Waals surface area (Å²) >= 11 is 6.00. The van der Waals surface area contributed by atoms with Crippen LogP contribution >= 0.6 is 11.6 Å². The summed E-state index contributed by atoms with van der Waals surface area (Å²) in [5.74, 6) is -0.989. The molecule has 1 heterocycles. The zero-order chi connectivity index (χ0) is 16.4. The van der Waals surface area contributed by atoms with Gasteiger partial charge in [-0.05, 0) is 30.2 Å². The summed E-state index contributed by atoms with van der Waals surface area (Å²) in [4.78, 5) is 14.3.